The summed E-state index contributed by atoms with van der Waals surface area (Å²) in [5, 5.41) is -0.00453. The molecule has 0 fully saturated rings. The molecular weight excluding hydrogens is 333 g/mol. The number of aromatic nitrogens is 1. The Morgan fingerprint density at radius 1 is 1.00 bits per heavy atom. The molecule has 24 heavy (non-hydrogen) atoms. The minimum Gasteiger partial charge on any atom is -0.439 e. The van der Waals surface area contributed by atoms with E-state index in [0.29, 0.717) is 17.4 Å². The van der Waals surface area contributed by atoms with E-state index >= 15 is 0 Å². The minimum atomic E-state index is -0.668. The van der Waals surface area contributed by atoms with E-state index in [1.807, 2.05) is 6.07 Å². The van der Waals surface area contributed by atoms with Crippen LogP contribution in [0.4, 0.5) is 4.39 Å². The van der Waals surface area contributed by atoms with Crippen LogP contribution in [0.25, 0.3) is 0 Å². The molecule has 0 aliphatic carbocycles. The zero-order chi connectivity index (χ0) is 16.9. The van der Waals surface area contributed by atoms with Gasteiger partial charge in [-0.25, -0.2) is 14.2 Å². The van der Waals surface area contributed by atoms with Crippen molar-refractivity contribution in [2.24, 2.45) is 0 Å². The van der Waals surface area contributed by atoms with Gasteiger partial charge in [0.15, 0.2) is 0 Å². The van der Waals surface area contributed by atoms with Gasteiger partial charge in [0.25, 0.3) is 0 Å². The van der Waals surface area contributed by atoms with Crippen molar-refractivity contribution < 1.29 is 18.7 Å². The van der Waals surface area contributed by atoms with E-state index in [1.165, 1.54) is 6.07 Å². The monoisotopic (exact) mass is 343 g/mol. The maximum atomic E-state index is 13.0. The lowest BCUT2D eigenvalue weighted by Crippen LogP contribution is -2.09. The van der Waals surface area contributed by atoms with Crippen molar-refractivity contribution in [3.63, 3.8) is 0 Å². The summed E-state index contributed by atoms with van der Waals surface area (Å²) in [6, 6.07) is 15.2. The molecule has 0 bridgehead atoms. The fourth-order valence-corrected chi connectivity index (χ4v) is 2.17. The van der Waals surface area contributed by atoms with Gasteiger partial charge >= 0.3 is 5.97 Å². The third-order valence-electron chi connectivity index (χ3n) is 3.05. The Balaban J connectivity index is 1.68. The maximum Gasteiger partial charge on any atom is 0.345 e. The van der Waals surface area contributed by atoms with Crippen molar-refractivity contribution in [1.29, 1.82) is 0 Å². The average Bonchev–Trinajstić information content (AvgIpc) is 2.57. The molecule has 3 aromatic rings. The molecule has 0 radical (unpaired) electrons. The van der Waals surface area contributed by atoms with Gasteiger partial charge in [-0.05, 0) is 48.5 Å². The molecule has 0 aliphatic heterocycles. The lowest BCUT2D eigenvalue weighted by atomic mass is 10.2. The van der Waals surface area contributed by atoms with Crippen molar-refractivity contribution in [1.82, 2.24) is 4.98 Å². The van der Waals surface area contributed by atoms with Crippen LogP contribution in [0.1, 0.15) is 10.4 Å². The van der Waals surface area contributed by atoms with Crippen molar-refractivity contribution in [2.45, 2.75) is 0 Å². The van der Waals surface area contributed by atoms with E-state index < -0.39 is 11.8 Å². The summed E-state index contributed by atoms with van der Waals surface area (Å²) in [4.78, 5) is 16.1. The topological polar surface area (TPSA) is 48.4 Å². The molecule has 4 nitrogen and oxygen atoms in total. The highest BCUT2D eigenvalue weighted by molar-refractivity contribution is 6.33. The fourth-order valence-electron chi connectivity index (χ4n) is 1.92. The summed E-state index contributed by atoms with van der Waals surface area (Å²) in [6.07, 6.45) is 1.62. The Morgan fingerprint density at radius 3 is 2.42 bits per heavy atom. The van der Waals surface area contributed by atoms with Gasteiger partial charge in [-0.2, -0.15) is 0 Å². The van der Waals surface area contributed by atoms with Crippen LogP contribution in [-0.4, -0.2) is 11.0 Å². The van der Waals surface area contributed by atoms with E-state index in [4.69, 9.17) is 21.1 Å². The fraction of sp³-hybridized carbons (Fsp3) is 0. The van der Waals surface area contributed by atoms with Crippen molar-refractivity contribution in [2.75, 3.05) is 0 Å². The molecule has 0 amide bonds. The number of hydrogen-bond acceptors (Lipinski definition) is 4. The molecule has 3 rings (SSSR count). The van der Waals surface area contributed by atoms with E-state index in [1.54, 1.807) is 42.6 Å². The van der Waals surface area contributed by atoms with Gasteiger partial charge in [-0.15, -0.1) is 0 Å². The highest BCUT2D eigenvalue weighted by Gasteiger charge is 2.13. The van der Waals surface area contributed by atoms with Gasteiger partial charge in [0, 0.05) is 12.3 Å². The van der Waals surface area contributed by atoms with E-state index in [0.717, 1.165) is 12.1 Å². The zero-order valence-corrected chi connectivity index (χ0v) is 13.0. The van der Waals surface area contributed by atoms with Gasteiger partial charge in [0.1, 0.15) is 17.3 Å². The van der Waals surface area contributed by atoms with Crippen LogP contribution in [0, 0.1) is 5.82 Å². The standard InChI is InChI=1S/C18H11ClFNO3/c19-16-11-12(20)4-9-15(16)18(22)24-14-7-5-13(6-8-14)23-17-3-1-2-10-21-17/h1-11H. The van der Waals surface area contributed by atoms with Crippen molar-refractivity contribution >= 4 is 17.6 Å². The van der Waals surface area contributed by atoms with Crippen LogP contribution in [0.5, 0.6) is 17.4 Å². The molecule has 0 spiro atoms. The van der Waals surface area contributed by atoms with Gasteiger partial charge in [-0.3, -0.25) is 0 Å². The molecule has 0 saturated heterocycles. The molecule has 0 unspecified atom stereocenters. The number of ether oxygens (including phenoxy) is 2. The number of halogens is 2. The Morgan fingerprint density at radius 2 is 1.75 bits per heavy atom. The van der Waals surface area contributed by atoms with E-state index in [9.17, 15) is 9.18 Å². The molecule has 0 atom stereocenters. The van der Waals surface area contributed by atoms with Gasteiger partial charge in [0.2, 0.25) is 5.88 Å². The molecule has 0 N–H and O–H groups in total. The summed E-state index contributed by atoms with van der Waals surface area (Å²) in [5.41, 5.74) is 0.0897. The Bertz CT molecular complexity index is 854. The van der Waals surface area contributed by atoms with Crippen LogP contribution in [0.2, 0.25) is 5.02 Å². The largest absolute Gasteiger partial charge is 0.439 e. The second-order valence-corrected chi connectivity index (χ2v) is 5.16. The summed E-state index contributed by atoms with van der Waals surface area (Å²) in [5.74, 6) is 0.133. The third-order valence-corrected chi connectivity index (χ3v) is 3.36. The average molecular weight is 344 g/mol. The van der Waals surface area contributed by atoms with E-state index in [-0.39, 0.29) is 10.6 Å². The lowest BCUT2D eigenvalue weighted by Gasteiger charge is -2.07. The van der Waals surface area contributed by atoms with Gasteiger partial charge in [-0.1, -0.05) is 17.7 Å². The van der Waals surface area contributed by atoms with Crippen LogP contribution in [0.15, 0.2) is 66.9 Å². The Labute approximate surface area is 142 Å². The number of hydrogen-bond donors (Lipinski definition) is 0. The third kappa shape index (κ3) is 3.88. The first-order valence-corrected chi connectivity index (χ1v) is 7.36. The molecule has 1 heterocycles. The first-order valence-electron chi connectivity index (χ1n) is 6.98. The predicted octanol–water partition coefficient (Wildman–Crippen LogP) is 4.89. The predicted molar refractivity (Wildman–Crippen MR) is 87.1 cm³/mol. The van der Waals surface area contributed by atoms with Crippen LogP contribution in [0.3, 0.4) is 0 Å². The summed E-state index contributed by atoms with van der Waals surface area (Å²) in [7, 11) is 0. The smallest absolute Gasteiger partial charge is 0.345 e. The van der Waals surface area contributed by atoms with Crippen molar-refractivity contribution in [3.8, 4) is 17.4 Å². The number of nitrogens with zero attached hydrogens (tertiary/aromatic N) is 1. The first-order chi connectivity index (χ1) is 11.6. The summed E-state index contributed by atoms with van der Waals surface area (Å²) in [6.45, 7) is 0. The first kappa shape index (κ1) is 16.0. The highest BCUT2D eigenvalue weighted by atomic mass is 35.5. The Hall–Kier alpha value is -2.92. The molecule has 0 aliphatic rings. The summed E-state index contributed by atoms with van der Waals surface area (Å²) >= 11 is 5.84. The molecule has 0 saturated carbocycles. The number of pyridine rings is 1. The molecule has 2 aromatic carbocycles. The second-order valence-electron chi connectivity index (χ2n) is 4.76. The highest BCUT2D eigenvalue weighted by Crippen LogP contribution is 2.24. The van der Waals surface area contributed by atoms with Crippen LogP contribution in [-0.2, 0) is 0 Å². The molecule has 1 aromatic heterocycles. The van der Waals surface area contributed by atoms with Crippen LogP contribution >= 0.6 is 11.6 Å². The Kier molecular flexibility index (Phi) is 4.72. The van der Waals surface area contributed by atoms with Crippen LogP contribution < -0.4 is 9.47 Å². The normalized spacial score (nSPS) is 10.2. The number of benzene rings is 2. The van der Waals surface area contributed by atoms with Gasteiger partial charge in [0.05, 0.1) is 10.6 Å². The number of rotatable bonds is 4. The number of carbonyl (C=O) groups excluding carboxylic acids is 1. The molecule has 6 heteroatoms. The minimum absolute atomic E-state index is 0.00453. The zero-order valence-electron chi connectivity index (χ0n) is 12.3. The summed E-state index contributed by atoms with van der Waals surface area (Å²) < 4.78 is 23.8. The second kappa shape index (κ2) is 7.10. The van der Waals surface area contributed by atoms with Crippen molar-refractivity contribution in [3.05, 3.63) is 83.3 Å². The van der Waals surface area contributed by atoms with E-state index in [2.05, 4.69) is 4.98 Å². The SMILES string of the molecule is O=C(Oc1ccc(Oc2ccccn2)cc1)c1ccc(F)cc1Cl. The number of esters is 1. The molecule has 120 valence electrons. The maximum absolute atomic E-state index is 13.0. The van der Waals surface area contributed by atoms with Gasteiger partial charge < -0.3 is 9.47 Å². The molecular formula is C18H11ClFNO3. The number of carbonyl (C=O) groups is 1. The lowest BCUT2D eigenvalue weighted by molar-refractivity contribution is 0.0735. The quantitative estimate of drug-likeness (QED) is 0.500.